The van der Waals surface area contributed by atoms with Gasteiger partial charge in [0.15, 0.2) is 0 Å². The summed E-state index contributed by atoms with van der Waals surface area (Å²) in [6, 6.07) is 5.42. The molecule has 3 rings (SSSR count). The minimum Gasteiger partial charge on any atom is -0.465 e. The highest BCUT2D eigenvalue weighted by Gasteiger charge is 2.09. The average Bonchev–Trinajstić information content (AvgIpc) is 3.21. The van der Waals surface area contributed by atoms with Gasteiger partial charge in [0.2, 0.25) is 5.91 Å². The lowest BCUT2D eigenvalue weighted by Crippen LogP contribution is -2.21. The molecule has 3 heterocycles. The Morgan fingerprint density at radius 3 is 3.04 bits per heavy atom. The van der Waals surface area contributed by atoms with E-state index >= 15 is 0 Å². The van der Waals surface area contributed by atoms with Crippen LogP contribution in [0.2, 0.25) is 0 Å². The van der Waals surface area contributed by atoms with E-state index in [0.29, 0.717) is 18.0 Å². The topological polar surface area (TPSA) is 85.8 Å². The molecule has 23 heavy (non-hydrogen) atoms. The zero-order valence-corrected chi connectivity index (χ0v) is 12.5. The van der Waals surface area contributed by atoms with Crippen molar-refractivity contribution < 1.29 is 9.21 Å². The first-order chi connectivity index (χ1) is 11.2. The minimum absolute atomic E-state index is 0.205. The van der Waals surface area contributed by atoms with Gasteiger partial charge in [0, 0.05) is 25.5 Å². The number of carbonyl (C=O) groups excluding carboxylic acids is 1. The van der Waals surface area contributed by atoms with Crippen LogP contribution in [0, 0.1) is 0 Å². The van der Waals surface area contributed by atoms with Crippen molar-refractivity contribution in [3.63, 3.8) is 0 Å². The predicted molar refractivity (Wildman–Crippen MR) is 83.8 cm³/mol. The highest BCUT2D eigenvalue weighted by Crippen LogP contribution is 2.14. The summed E-state index contributed by atoms with van der Waals surface area (Å²) in [5.41, 5.74) is 2.28. The number of rotatable bonds is 5. The van der Waals surface area contributed by atoms with Crippen LogP contribution in [0.4, 0.5) is 0 Å². The van der Waals surface area contributed by atoms with Crippen LogP contribution in [0.15, 0.2) is 53.5 Å². The Kier molecular flexibility index (Phi) is 4.28. The fourth-order valence-corrected chi connectivity index (χ4v) is 2.01. The second-order valence-electron chi connectivity index (χ2n) is 4.80. The van der Waals surface area contributed by atoms with Gasteiger partial charge in [-0.25, -0.2) is 0 Å². The highest BCUT2D eigenvalue weighted by molar-refractivity contribution is 5.91. The molecular formula is C16H15N5O2. The van der Waals surface area contributed by atoms with Gasteiger partial charge < -0.3 is 9.73 Å². The summed E-state index contributed by atoms with van der Waals surface area (Å²) in [6.45, 7) is 0.366. The Hall–Kier alpha value is -3.22. The third-order valence-corrected chi connectivity index (χ3v) is 3.19. The molecule has 0 aromatic carbocycles. The van der Waals surface area contributed by atoms with Crippen LogP contribution >= 0.6 is 0 Å². The Labute approximate surface area is 132 Å². The van der Waals surface area contributed by atoms with Crippen LogP contribution < -0.4 is 5.32 Å². The molecule has 0 atom stereocenters. The molecule has 1 amide bonds. The summed E-state index contributed by atoms with van der Waals surface area (Å²) in [7, 11) is 1.82. The molecule has 1 N–H and O–H groups in total. The molecular weight excluding hydrogens is 294 g/mol. The summed E-state index contributed by atoms with van der Waals surface area (Å²) in [6.07, 6.45) is 9.48. The molecule has 7 nitrogen and oxygen atoms in total. The zero-order chi connectivity index (χ0) is 16.1. The van der Waals surface area contributed by atoms with E-state index < -0.39 is 0 Å². The first kappa shape index (κ1) is 14.7. The molecule has 0 aliphatic carbocycles. The van der Waals surface area contributed by atoms with E-state index in [0.717, 1.165) is 11.4 Å². The van der Waals surface area contributed by atoms with Crippen LogP contribution in [0.3, 0.4) is 0 Å². The van der Waals surface area contributed by atoms with Gasteiger partial charge in [-0.2, -0.15) is 5.10 Å². The molecule has 0 radical (unpaired) electrons. The van der Waals surface area contributed by atoms with Crippen molar-refractivity contribution in [2.24, 2.45) is 7.05 Å². The molecule has 7 heteroatoms. The second kappa shape index (κ2) is 6.69. The van der Waals surface area contributed by atoms with E-state index in [9.17, 15) is 4.79 Å². The Bertz CT molecular complexity index is 806. The number of hydrogen-bond donors (Lipinski definition) is 1. The van der Waals surface area contributed by atoms with Crippen molar-refractivity contribution in [3.05, 3.63) is 60.6 Å². The predicted octanol–water partition coefficient (Wildman–Crippen LogP) is 1.80. The third-order valence-electron chi connectivity index (χ3n) is 3.19. The zero-order valence-electron chi connectivity index (χ0n) is 12.5. The monoisotopic (exact) mass is 309 g/mol. The van der Waals surface area contributed by atoms with E-state index in [1.165, 1.54) is 6.08 Å². The fourth-order valence-electron chi connectivity index (χ4n) is 2.01. The van der Waals surface area contributed by atoms with Gasteiger partial charge in [0.1, 0.15) is 17.1 Å². The first-order valence-electron chi connectivity index (χ1n) is 7.01. The number of carbonyl (C=O) groups is 1. The maximum atomic E-state index is 11.8. The van der Waals surface area contributed by atoms with Crippen molar-refractivity contribution in [2.45, 2.75) is 6.54 Å². The first-order valence-corrected chi connectivity index (χ1v) is 7.01. The van der Waals surface area contributed by atoms with Crippen molar-refractivity contribution in [1.29, 1.82) is 0 Å². The van der Waals surface area contributed by atoms with Gasteiger partial charge >= 0.3 is 0 Å². The number of aromatic nitrogens is 4. The smallest absolute Gasteiger partial charge is 0.244 e. The summed E-state index contributed by atoms with van der Waals surface area (Å²) in [5.74, 6) is 0.425. The maximum absolute atomic E-state index is 11.8. The molecule has 0 saturated carbocycles. The Morgan fingerprint density at radius 1 is 1.39 bits per heavy atom. The standard InChI is InChI=1S/C16H15N5O2/c1-21-12(9-14(20-21)15-11-17-6-7-18-15)10-19-16(22)5-4-13-3-2-8-23-13/h2-9,11H,10H2,1H3,(H,19,22). The van der Waals surface area contributed by atoms with E-state index in [-0.39, 0.29) is 5.91 Å². The van der Waals surface area contributed by atoms with E-state index in [4.69, 9.17) is 4.42 Å². The molecule has 0 saturated heterocycles. The Balaban J connectivity index is 1.62. The molecule has 0 aliphatic rings. The lowest BCUT2D eigenvalue weighted by molar-refractivity contribution is -0.116. The lowest BCUT2D eigenvalue weighted by Gasteiger charge is -2.02. The largest absolute Gasteiger partial charge is 0.465 e. The van der Waals surface area contributed by atoms with E-state index in [1.807, 2.05) is 13.1 Å². The third kappa shape index (κ3) is 3.70. The van der Waals surface area contributed by atoms with Crippen LogP contribution in [-0.2, 0) is 18.4 Å². The van der Waals surface area contributed by atoms with Crippen molar-refractivity contribution in [1.82, 2.24) is 25.1 Å². The fraction of sp³-hybridized carbons (Fsp3) is 0.125. The van der Waals surface area contributed by atoms with E-state index in [1.54, 1.807) is 47.7 Å². The summed E-state index contributed by atoms with van der Waals surface area (Å²) in [5, 5.41) is 7.18. The number of amides is 1. The van der Waals surface area contributed by atoms with Crippen molar-refractivity contribution >= 4 is 12.0 Å². The van der Waals surface area contributed by atoms with Gasteiger partial charge in [0.25, 0.3) is 0 Å². The quantitative estimate of drug-likeness (QED) is 0.726. The number of furan rings is 1. The van der Waals surface area contributed by atoms with Crippen molar-refractivity contribution in [3.8, 4) is 11.4 Å². The summed E-state index contributed by atoms with van der Waals surface area (Å²) < 4.78 is 6.83. The molecule has 0 aliphatic heterocycles. The molecule has 0 unspecified atom stereocenters. The van der Waals surface area contributed by atoms with Gasteiger partial charge in [-0.3, -0.25) is 19.4 Å². The maximum Gasteiger partial charge on any atom is 0.244 e. The Morgan fingerprint density at radius 2 is 2.30 bits per heavy atom. The van der Waals surface area contributed by atoms with Gasteiger partial charge in [-0.05, 0) is 24.3 Å². The van der Waals surface area contributed by atoms with Crippen molar-refractivity contribution in [2.75, 3.05) is 0 Å². The molecule has 116 valence electrons. The molecule has 0 spiro atoms. The van der Waals surface area contributed by atoms with Crippen LogP contribution in [0.1, 0.15) is 11.5 Å². The van der Waals surface area contributed by atoms with Crippen LogP contribution in [0.25, 0.3) is 17.5 Å². The average molecular weight is 309 g/mol. The second-order valence-corrected chi connectivity index (χ2v) is 4.80. The normalized spacial score (nSPS) is 11.0. The molecule has 0 fully saturated rings. The number of hydrogen-bond acceptors (Lipinski definition) is 5. The SMILES string of the molecule is Cn1nc(-c2cnccn2)cc1CNC(=O)C=Cc1ccco1. The molecule has 0 bridgehead atoms. The molecule has 3 aromatic rings. The number of aryl methyl sites for hydroxylation is 1. The van der Waals surface area contributed by atoms with Gasteiger partial charge in [-0.15, -0.1) is 0 Å². The molecule has 3 aromatic heterocycles. The van der Waals surface area contributed by atoms with Gasteiger partial charge in [-0.1, -0.05) is 0 Å². The summed E-state index contributed by atoms with van der Waals surface area (Å²) >= 11 is 0. The highest BCUT2D eigenvalue weighted by atomic mass is 16.3. The minimum atomic E-state index is -0.205. The number of nitrogens with one attached hydrogen (secondary N) is 1. The van der Waals surface area contributed by atoms with Gasteiger partial charge in [0.05, 0.1) is 24.7 Å². The summed E-state index contributed by atoms with van der Waals surface area (Å²) in [4.78, 5) is 20.0. The lowest BCUT2D eigenvalue weighted by atomic mass is 10.3. The van der Waals surface area contributed by atoms with Crippen LogP contribution in [-0.4, -0.2) is 25.7 Å². The number of nitrogens with zero attached hydrogens (tertiary/aromatic N) is 4. The van der Waals surface area contributed by atoms with Crippen LogP contribution in [0.5, 0.6) is 0 Å². The van der Waals surface area contributed by atoms with E-state index in [2.05, 4.69) is 20.4 Å².